The van der Waals surface area contributed by atoms with E-state index in [1.165, 1.54) is 23.3 Å². The summed E-state index contributed by atoms with van der Waals surface area (Å²) in [6.07, 6.45) is 0.397. The number of imidazole rings is 1. The van der Waals surface area contributed by atoms with Crippen LogP contribution in [0.3, 0.4) is 0 Å². The van der Waals surface area contributed by atoms with E-state index >= 15 is 0 Å². The molecule has 1 aliphatic heterocycles. The Morgan fingerprint density at radius 1 is 1.00 bits per heavy atom. The summed E-state index contributed by atoms with van der Waals surface area (Å²) in [7, 11) is 0. The molecule has 1 aromatic heterocycles. The van der Waals surface area contributed by atoms with E-state index in [0.717, 1.165) is 22.5 Å². The number of hydrogen-bond acceptors (Lipinski definition) is 2. The van der Waals surface area contributed by atoms with Crippen LogP contribution < -0.4 is 4.90 Å². The zero-order valence-corrected chi connectivity index (χ0v) is 16.8. The van der Waals surface area contributed by atoms with Crippen molar-refractivity contribution in [2.75, 3.05) is 11.4 Å². The fourth-order valence-corrected chi connectivity index (χ4v) is 4.28. The molecule has 1 saturated heterocycles. The normalized spacial score (nSPS) is 16.5. The Labute approximate surface area is 174 Å². The van der Waals surface area contributed by atoms with Crippen molar-refractivity contribution in [3.05, 3.63) is 95.6 Å². The van der Waals surface area contributed by atoms with Crippen LogP contribution in [-0.4, -0.2) is 22.0 Å². The summed E-state index contributed by atoms with van der Waals surface area (Å²) in [6, 6.07) is 22.6. The van der Waals surface area contributed by atoms with Crippen LogP contribution in [0.15, 0.2) is 72.8 Å². The summed E-state index contributed by atoms with van der Waals surface area (Å²) in [5.41, 5.74) is 5.21. The molecule has 0 N–H and O–H groups in total. The van der Waals surface area contributed by atoms with Gasteiger partial charge in [-0.25, -0.2) is 9.37 Å². The van der Waals surface area contributed by atoms with Crippen LogP contribution >= 0.6 is 0 Å². The number of benzene rings is 3. The molecule has 1 fully saturated rings. The minimum Gasteiger partial charge on any atom is -0.323 e. The SMILES string of the molecule is Cc1ccccc1Cn1c([C@H]2CC(=O)N(c3ccc(F)cc3)C2)nc2ccccc21. The molecular formula is C25H22FN3O. The molecule has 1 aliphatic rings. The molecule has 0 aliphatic carbocycles. The second-order valence-electron chi connectivity index (χ2n) is 7.85. The number of carbonyl (C=O) groups excluding carboxylic acids is 1. The highest BCUT2D eigenvalue weighted by Crippen LogP contribution is 2.33. The van der Waals surface area contributed by atoms with Gasteiger partial charge in [0.2, 0.25) is 5.91 Å². The van der Waals surface area contributed by atoms with Crippen molar-refractivity contribution < 1.29 is 9.18 Å². The zero-order valence-electron chi connectivity index (χ0n) is 16.8. The number of hydrogen-bond donors (Lipinski definition) is 0. The number of carbonyl (C=O) groups is 1. The van der Waals surface area contributed by atoms with Crippen LogP contribution in [0.5, 0.6) is 0 Å². The monoisotopic (exact) mass is 399 g/mol. The second kappa shape index (κ2) is 7.41. The van der Waals surface area contributed by atoms with Crippen molar-refractivity contribution in [1.82, 2.24) is 9.55 Å². The topological polar surface area (TPSA) is 38.1 Å². The van der Waals surface area contributed by atoms with Crippen molar-refractivity contribution in [2.45, 2.75) is 25.8 Å². The van der Waals surface area contributed by atoms with Gasteiger partial charge in [-0.15, -0.1) is 0 Å². The van der Waals surface area contributed by atoms with E-state index < -0.39 is 0 Å². The number of halogens is 1. The summed E-state index contributed by atoms with van der Waals surface area (Å²) >= 11 is 0. The van der Waals surface area contributed by atoms with Gasteiger partial charge in [0.15, 0.2) is 0 Å². The average Bonchev–Trinajstić information content (AvgIpc) is 3.31. The van der Waals surface area contributed by atoms with Gasteiger partial charge in [0.25, 0.3) is 0 Å². The van der Waals surface area contributed by atoms with E-state index in [1.54, 1.807) is 17.0 Å². The van der Waals surface area contributed by atoms with Crippen LogP contribution in [0.4, 0.5) is 10.1 Å². The molecule has 0 spiro atoms. The van der Waals surface area contributed by atoms with Gasteiger partial charge < -0.3 is 9.47 Å². The molecule has 1 amide bonds. The average molecular weight is 399 g/mol. The highest BCUT2D eigenvalue weighted by atomic mass is 19.1. The lowest BCUT2D eigenvalue weighted by Gasteiger charge is -2.18. The summed E-state index contributed by atoms with van der Waals surface area (Å²) in [5, 5.41) is 0. The van der Waals surface area contributed by atoms with E-state index in [1.807, 2.05) is 24.3 Å². The number of aryl methyl sites for hydroxylation is 1. The van der Waals surface area contributed by atoms with E-state index in [2.05, 4.69) is 35.8 Å². The Balaban J connectivity index is 1.53. The Hall–Kier alpha value is -3.47. The van der Waals surface area contributed by atoms with Gasteiger partial charge in [0, 0.05) is 31.1 Å². The molecule has 1 atom stereocenters. The molecule has 0 bridgehead atoms. The summed E-state index contributed by atoms with van der Waals surface area (Å²) in [5.74, 6) is 0.652. The van der Waals surface area contributed by atoms with Gasteiger partial charge >= 0.3 is 0 Å². The molecule has 30 heavy (non-hydrogen) atoms. The minimum atomic E-state index is -0.304. The van der Waals surface area contributed by atoms with Gasteiger partial charge in [-0.05, 0) is 54.4 Å². The van der Waals surface area contributed by atoms with Crippen LogP contribution in [0, 0.1) is 12.7 Å². The van der Waals surface area contributed by atoms with Gasteiger partial charge in [0.1, 0.15) is 11.6 Å². The zero-order chi connectivity index (χ0) is 20.7. The smallest absolute Gasteiger partial charge is 0.227 e. The van der Waals surface area contributed by atoms with Gasteiger partial charge in [-0.2, -0.15) is 0 Å². The summed E-state index contributed by atoms with van der Waals surface area (Å²) in [4.78, 5) is 19.4. The maximum atomic E-state index is 13.3. The molecular weight excluding hydrogens is 377 g/mol. The number of anilines is 1. The fourth-order valence-electron chi connectivity index (χ4n) is 4.28. The first-order chi connectivity index (χ1) is 14.6. The molecule has 4 aromatic rings. The third-order valence-electron chi connectivity index (χ3n) is 5.90. The lowest BCUT2D eigenvalue weighted by atomic mass is 10.1. The maximum Gasteiger partial charge on any atom is 0.227 e. The quantitative estimate of drug-likeness (QED) is 0.481. The predicted octanol–water partition coefficient (Wildman–Crippen LogP) is 5.05. The Kier molecular flexibility index (Phi) is 4.58. The van der Waals surface area contributed by atoms with E-state index in [0.29, 0.717) is 19.5 Å². The highest BCUT2D eigenvalue weighted by molar-refractivity contribution is 5.96. The molecule has 5 rings (SSSR count). The number of fused-ring (bicyclic) bond motifs is 1. The molecule has 3 aromatic carbocycles. The first-order valence-corrected chi connectivity index (χ1v) is 10.2. The largest absolute Gasteiger partial charge is 0.323 e. The van der Waals surface area contributed by atoms with E-state index in [9.17, 15) is 9.18 Å². The summed E-state index contributed by atoms with van der Waals surface area (Å²) in [6.45, 7) is 3.37. The number of aromatic nitrogens is 2. The first-order valence-electron chi connectivity index (χ1n) is 10.2. The van der Waals surface area contributed by atoms with Crippen LogP contribution in [-0.2, 0) is 11.3 Å². The molecule has 0 unspecified atom stereocenters. The third-order valence-corrected chi connectivity index (χ3v) is 5.90. The standard InChI is InChI=1S/C25H22FN3O/c1-17-6-2-3-7-18(17)15-29-23-9-5-4-8-22(23)27-25(29)19-14-24(30)28(16-19)21-12-10-20(26)11-13-21/h2-13,19H,14-16H2,1H3/t19-/m0/s1. The molecule has 4 nitrogen and oxygen atoms in total. The van der Waals surface area contributed by atoms with Gasteiger partial charge in [-0.3, -0.25) is 4.79 Å². The Bertz CT molecular complexity index is 1230. The van der Waals surface area contributed by atoms with Crippen molar-refractivity contribution in [2.24, 2.45) is 0 Å². The van der Waals surface area contributed by atoms with Crippen molar-refractivity contribution in [3.63, 3.8) is 0 Å². The number of nitrogens with zero attached hydrogens (tertiary/aromatic N) is 3. The molecule has 0 saturated carbocycles. The number of amides is 1. The van der Waals surface area contributed by atoms with Crippen molar-refractivity contribution >= 4 is 22.6 Å². The maximum absolute atomic E-state index is 13.3. The summed E-state index contributed by atoms with van der Waals surface area (Å²) < 4.78 is 15.5. The molecule has 0 radical (unpaired) electrons. The van der Waals surface area contributed by atoms with Crippen LogP contribution in [0.25, 0.3) is 11.0 Å². The van der Waals surface area contributed by atoms with E-state index in [4.69, 9.17) is 4.98 Å². The van der Waals surface area contributed by atoms with Gasteiger partial charge in [0.05, 0.1) is 11.0 Å². The van der Waals surface area contributed by atoms with Crippen LogP contribution in [0.2, 0.25) is 0 Å². The molecule has 150 valence electrons. The lowest BCUT2D eigenvalue weighted by molar-refractivity contribution is -0.117. The predicted molar refractivity (Wildman–Crippen MR) is 116 cm³/mol. The van der Waals surface area contributed by atoms with Crippen LogP contribution in [0.1, 0.15) is 29.3 Å². The Morgan fingerprint density at radius 2 is 1.73 bits per heavy atom. The Morgan fingerprint density at radius 3 is 2.53 bits per heavy atom. The fraction of sp³-hybridized carbons (Fsp3) is 0.200. The third kappa shape index (κ3) is 3.26. The lowest BCUT2D eigenvalue weighted by Crippen LogP contribution is -2.24. The molecule has 5 heteroatoms. The van der Waals surface area contributed by atoms with Crippen molar-refractivity contribution in [3.8, 4) is 0 Å². The molecule has 2 heterocycles. The second-order valence-corrected chi connectivity index (χ2v) is 7.85. The number of para-hydroxylation sites is 2. The first kappa shape index (κ1) is 18.6. The van der Waals surface area contributed by atoms with Crippen molar-refractivity contribution in [1.29, 1.82) is 0 Å². The van der Waals surface area contributed by atoms with E-state index in [-0.39, 0.29) is 17.6 Å². The van der Waals surface area contributed by atoms with Gasteiger partial charge in [-0.1, -0.05) is 36.4 Å². The minimum absolute atomic E-state index is 0.0148. The highest BCUT2D eigenvalue weighted by Gasteiger charge is 2.34. The number of rotatable bonds is 4.